The van der Waals surface area contributed by atoms with E-state index >= 15 is 0 Å². The van der Waals surface area contributed by atoms with Crippen LogP contribution in [0.25, 0.3) is 0 Å². The Hall–Kier alpha value is -0.600. The number of hydrogen-bond acceptors (Lipinski definition) is 2. The monoisotopic (exact) mass is 287 g/mol. The van der Waals surface area contributed by atoms with E-state index < -0.39 is 0 Å². The minimum absolute atomic E-state index is 0.230. The molecular formula is C19H29NO. The molecule has 4 aliphatic carbocycles. The van der Waals surface area contributed by atoms with Gasteiger partial charge in [-0.05, 0) is 67.1 Å². The molecule has 0 aliphatic heterocycles. The minimum Gasteiger partial charge on any atom is -0.389 e. The molecule has 2 heteroatoms. The van der Waals surface area contributed by atoms with Gasteiger partial charge in [0.25, 0.3) is 0 Å². The number of aliphatic hydroxyl groups is 1. The van der Waals surface area contributed by atoms with Gasteiger partial charge in [0.15, 0.2) is 0 Å². The van der Waals surface area contributed by atoms with Crippen molar-refractivity contribution < 1.29 is 5.11 Å². The molecule has 116 valence electrons. The van der Waals surface area contributed by atoms with E-state index in [1.807, 2.05) is 6.08 Å². The van der Waals surface area contributed by atoms with Crippen LogP contribution in [0.2, 0.25) is 0 Å². The first-order chi connectivity index (χ1) is 9.95. The van der Waals surface area contributed by atoms with Crippen LogP contribution in [0.15, 0.2) is 23.8 Å². The largest absolute Gasteiger partial charge is 0.389 e. The lowest BCUT2D eigenvalue weighted by Crippen LogP contribution is -2.49. The van der Waals surface area contributed by atoms with Crippen molar-refractivity contribution in [3.05, 3.63) is 23.8 Å². The second-order valence-corrected chi connectivity index (χ2v) is 8.50. The van der Waals surface area contributed by atoms with Gasteiger partial charge in [-0.2, -0.15) is 0 Å². The minimum atomic E-state index is -0.230. The first-order valence-corrected chi connectivity index (χ1v) is 8.78. The summed E-state index contributed by atoms with van der Waals surface area (Å²) in [5, 5.41) is 9.96. The summed E-state index contributed by atoms with van der Waals surface area (Å²) in [6.45, 7) is 4.87. The zero-order chi connectivity index (χ0) is 14.8. The fourth-order valence-electron chi connectivity index (χ4n) is 6.10. The van der Waals surface area contributed by atoms with Crippen LogP contribution in [0, 0.1) is 28.6 Å². The molecule has 2 saturated carbocycles. The topological polar surface area (TPSA) is 46.2 Å². The Morgan fingerprint density at radius 2 is 2.00 bits per heavy atom. The summed E-state index contributed by atoms with van der Waals surface area (Å²) in [7, 11) is 0. The lowest BCUT2D eigenvalue weighted by molar-refractivity contribution is 0.0379. The van der Waals surface area contributed by atoms with Crippen LogP contribution in [0.5, 0.6) is 0 Å². The lowest BCUT2D eigenvalue weighted by Gasteiger charge is -2.55. The summed E-state index contributed by atoms with van der Waals surface area (Å²) in [6, 6.07) is 0.388. The summed E-state index contributed by atoms with van der Waals surface area (Å²) in [4.78, 5) is 0. The van der Waals surface area contributed by atoms with Gasteiger partial charge in [-0.15, -0.1) is 0 Å². The molecule has 0 spiro atoms. The average Bonchev–Trinajstić information content (AvgIpc) is 2.76. The first-order valence-electron chi connectivity index (χ1n) is 8.78. The van der Waals surface area contributed by atoms with Crippen LogP contribution in [0.1, 0.15) is 52.4 Å². The Bertz CT molecular complexity index is 510. The summed E-state index contributed by atoms with van der Waals surface area (Å²) < 4.78 is 0. The van der Waals surface area contributed by atoms with Crippen molar-refractivity contribution in [2.75, 3.05) is 0 Å². The van der Waals surface area contributed by atoms with E-state index in [1.165, 1.54) is 25.7 Å². The van der Waals surface area contributed by atoms with Gasteiger partial charge in [0.2, 0.25) is 0 Å². The highest BCUT2D eigenvalue weighted by atomic mass is 16.3. The Morgan fingerprint density at radius 3 is 2.81 bits per heavy atom. The van der Waals surface area contributed by atoms with Crippen molar-refractivity contribution in [2.45, 2.75) is 64.5 Å². The third kappa shape index (κ3) is 1.78. The van der Waals surface area contributed by atoms with Crippen molar-refractivity contribution in [1.29, 1.82) is 0 Å². The zero-order valence-electron chi connectivity index (χ0n) is 13.4. The molecule has 4 rings (SSSR count). The van der Waals surface area contributed by atoms with E-state index in [1.54, 1.807) is 5.57 Å². The number of rotatable bonds is 0. The van der Waals surface area contributed by atoms with Gasteiger partial charge < -0.3 is 10.8 Å². The third-order valence-electron chi connectivity index (χ3n) is 7.66. The maximum absolute atomic E-state index is 9.96. The quantitative estimate of drug-likeness (QED) is 0.671. The van der Waals surface area contributed by atoms with Crippen LogP contribution in [-0.2, 0) is 0 Å². The maximum Gasteiger partial charge on any atom is 0.0724 e. The van der Waals surface area contributed by atoms with E-state index in [4.69, 9.17) is 5.73 Å². The molecule has 0 aromatic heterocycles. The Balaban J connectivity index is 1.72. The van der Waals surface area contributed by atoms with Gasteiger partial charge in [-0.1, -0.05) is 37.6 Å². The normalized spacial score (nSPS) is 55.4. The van der Waals surface area contributed by atoms with Crippen molar-refractivity contribution >= 4 is 0 Å². The van der Waals surface area contributed by atoms with Gasteiger partial charge in [-0.25, -0.2) is 0 Å². The second-order valence-electron chi connectivity index (χ2n) is 8.50. The summed E-state index contributed by atoms with van der Waals surface area (Å²) in [5.41, 5.74) is 8.77. The number of hydrogen-bond donors (Lipinski definition) is 2. The highest BCUT2D eigenvalue weighted by Crippen LogP contribution is 2.63. The van der Waals surface area contributed by atoms with Crippen LogP contribution in [0.4, 0.5) is 0 Å². The van der Waals surface area contributed by atoms with Crippen molar-refractivity contribution in [2.24, 2.45) is 34.3 Å². The summed E-state index contributed by atoms with van der Waals surface area (Å²) >= 11 is 0. The molecular weight excluding hydrogens is 258 g/mol. The Morgan fingerprint density at radius 1 is 1.19 bits per heavy atom. The average molecular weight is 287 g/mol. The molecule has 0 heterocycles. The van der Waals surface area contributed by atoms with Crippen molar-refractivity contribution in [1.82, 2.24) is 0 Å². The lowest BCUT2D eigenvalue weighted by atomic mass is 9.50. The molecule has 0 radical (unpaired) electrons. The summed E-state index contributed by atoms with van der Waals surface area (Å²) in [6.07, 6.45) is 13.8. The highest BCUT2D eigenvalue weighted by Gasteiger charge is 2.56. The first kappa shape index (κ1) is 14.0. The molecule has 2 fully saturated rings. The van der Waals surface area contributed by atoms with E-state index in [-0.39, 0.29) is 11.5 Å². The van der Waals surface area contributed by atoms with Gasteiger partial charge in [0.05, 0.1) is 6.10 Å². The number of allylic oxidation sites excluding steroid dienone is 3. The molecule has 0 unspecified atom stereocenters. The standard InChI is InChI=1S/C19H29NO/c1-18-9-7-13(21)11-12(18)3-4-14-15-5-6-17(20)19(15,2)10-8-16(14)18/h4,7,9,12-13,15-17,21H,3,5-6,8,10-11,20H2,1-2H3/t12-,13+,15+,16+,17+,18+,19+/m1/s1. The summed E-state index contributed by atoms with van der Waals surface area (Å²) in [5.74, 6) is 2.01. The van der Waals surface area contributed by atoms with E-state index in [2.05, 4.69) is 26.0 Å². The van der Waals surface area contributed by atoms with Gasteiger partial charge in [-0.3, -0.25) is 0 Å². The van der Waals surface area contributed by atoms with Gasteiger partial charge >= 0.3 is 0 Å². The molecule has 0 saturated heterocycles. The molecule has 2 nitrogen and oxygen atoms in total. The van der Waals surface area contributed by atoms with Crippen molar-refractivity contribution in [3.8, 4) is 0 Å². The van der Waals surface area contributed by atoms with E-state index in [0.717, 1.165) is 12.8 Å². The third-order valence-corrected chi connectivity index (χ3v) is 7.66. The van der Waals surface area contributed by atoms with Gasteiger partial charge in [0.1, 0.15) is 0 Å². The molecule has 0 aromatic rings. The van der Waals surface area contributed by atoms with E-state index in [0.29, 0.717) is 29.2 Å². The molecule has 0 aromatic carbocycles. The maximum atomic E-state index is 9.96. The molecule has 3 N–H and O–H groups in total. The predicted octanol–water partition coefficient (Wildman–Crippen LogP) is 3.41. The van der Waals surface area contributed by atoms with Crippen LogP contribution in [0.3, 0.4) is 0 Å². The molecule has 0 bridgehead atoms. The predicted molar refractivity (Wildman–Crippen MR) is 85.6 cm³/mol. The highest BCUT2D eigenvalue weighted by molar-refractivity contribution is 5.31. The second kappa shape index (κ2) is 4.45. The van der Waals surface area contributed by atoms with Crippen molar-refractivity contribution in [3.63, 3.8) is 0 Å². The molecule has 4 aliphatic rings. The van der Waals surface area contributed by atoms with E-state index in [9.17, 15) is 5.11 Å². The molecule has 7 atom stereocenters. The fraction of sp³-hybridized carbons (Fsp3) is 0.789. The zero-order valence-corrected chi connectivity index (χ0v) is 13.4. The molecule has 0 amide bonds. The number of nitrogens with two attached hydrogens (primary N) is 1. The Labute approximate surface area is 128 Å². The van der Waals surface area contributed by atoms with Gasteiger partial charge in [0, 0.05) is 6.04 Å². The van der Waals surface area contributed by atoms with Crippen LogP contribution < -0.4 is 5.73 Å². The Kier molecular flexibility index (Phi) is 2.97. The van der Waals surface area contributed by atoms with Crippen LogP contribution >= 0.6 is 0 Å². The number of fused-ring (bicyclic) bond motifs is 5. The molecule has 21 heavy (non-hydrogen) atoms. The number of aliphatic hydroxyl groups excluding tert-OH is 1. The SMILES string of the molecule is C[C@]12C=C[C@H](O)C[C@H]1CC=C1[C@@H]2CC[C@]2(C)[C@@H](N)CC[C@@H]12. The van der Waals surface area contributed by atoms with Crippen LogP contribution in [-0.4, -0.2) is 17.3 Å². The fourth-order valence-corrected chi connectivity index (χ4v) is 6.10. The smallest absolute Gasteiger partial charge is 0.0724 e.